The number of aromatic amines is 1. The van der Waals surface area contributed by atoms with E-state index in [1.54, 1.807) is 13.0 Å². The van der Waals surface area contributed by atoms with E-state index in [-0.39, 0.29) is 11.6 Å². The van der Waals surface area contributed by atoms with Crippen LogP contribution in [0.15, 0.2) is 24.3 Å². The van der Waals surface area contributed by atoms with Crippen molar-refractivity contribution in [2.75, 3.05) is 5.32 Å². The number of aromatic nitrogens is 2. The van der Waals surface area contributed by atoms with Crippen molar-refractivity contribution in [3.8, 4) is 0 Å². The normalized spacial score (nSPS) is 10.4. The molecule has 1 aromatic heterocycles. The number of carbonyl (C=O) groups excluding carboxylic acids is 1. The molecule has 1 heterocycles. The molecule has 2 aromatic rings. The van der Waals surface area contributed by atoms with Gasteiger partial charge in [-0.25, -0.2) is 0 Å². The lowest BCUT2D eigenvalue weighted by Gasteiger charge is -2.05. The van der Waals surface area contributed by atoms with Gasteiger partial charge in [0.15, 0.2) is 5.82 Å². The SMILES string of the molecule is CCCc1cc(NC(=O)c2ccc([N+](=O)[O-])cc2C)n[nH]1. The lowest BCUT2D eigenvalue weighted by Crippen LogP contribution is -2.13. The molecule has 21 heavy (non-hydrogen) atoms. The van der Waals surface area contributed by atoms with Crippen LogP contribution in [0.25, 0.3) is 0 Å². The van der Waals surface area contributed by atoms with E-state index in [0.717, 1.165) is 18.5 Å². The van der Waals surface area contributed by atoms with Crippen LogP contribution in [0.5, 0.6) is 0 Å². The van der Waals surface area contributed by atoms with Gasteiger partial charge in [0.05, 0.1) is 4.92 Å². The summed E-state index contributed by atoms with van der Waals surface area (Å²) in [6, 6.07) is 5.92. The monoisotopic (exact) mass is 288 g/mol. The minimum absolute atomic E-state index is 0.0333. The maximum Gasteiger partial charge on any atom is 0.269 e. The summed E-state index contributed by atoms with van der Waals surface area (Å²) >= 11 is 0. The summed E-state index contributed by atoms with van der Waals surface area (Å²) < 4.78 is 0. The first-order chi connectivity index (χ1) is 10.0. The molecule has 2 rings (SSSR count). The summed E-state index contributed by atoms with van der Waals surface area (Å²) in [6.07, 6.45) is 1.84. The number of amides is 1. The summed E-state index contributed by atoms with van der Waals surface area (Å²) in [5, 5.41) is 20.2. The second-order valence-electron chi connectivity index (χ2n) is 4.74. The average molecular weight is 288 g/mol. The molecule has 1 amide bonds. The first-order valence-electron chi connectivity index (χ1n) is 6.62. The van der Waals surface area contributed by atoms with Gasteiger partial charge < -0.3 is 5.32 Å². The first-order valence-corrected chi connectivity index (χ1v) is 6.62. The third-order valence-corrected chi connectivity index (χ3v) is 3.06. The number of aryl methyl sites for hydroxylation is 2. The van der Waals surface area contributed by atoms with Gasteiger partial charge >= 0.3 is 0 Å². The van der Waals surface area contributed by atoms with E-state index in [9.17, 15) is 14.9 Å². The van der Waals surface area contributed by atoms with Crippen LogP contribution in [-0.2, 0) is 6.42 Å². The maximum absolute atomic E-state index is 12.1. The van der Waals surface area contributed by atoms with E-state index in [1.165, 1.54) is 18.2 Å². The van der Waals surface area contributed by atoms with Crippen molar-refractivity contribution in [1.29, 1.82) is 0 Å². The minimum Gasteiger partial charge on any atom is -0.305 e. The standard InChI is InChI=1S/C14H16N4O3/c1-3-4-10-8-13(17-16-10)15-14(19)12-6-5-11(18(20)21)7-9(12)2/h5-8H,3-4H2,1-2H3,(H2,15,16,17,19). The highest BCUT2D eigenvalue weighted by Gasteiger charge is 2.14. The van der Waals surface area contributed by atoms with Gasteiger partial charge in [-0.3, -0.25) is 20.0 Å². The molecule has 0 fully saturated rings. The molecule has 2 N–H and O–H groups in total. The van der Waals surface area contributed by atoms with E-state index in [0.29, 0.717) is 16.9 Å². The van der Waals surface area contributed by atoms with Crippen molar-refractivity contribution in [2.24, 2.45) is 0 Å². The zero-order chi connectivity index (χ0) is 15.4. The van der Waals surface area contributed by atoms with Crippen molar-refractivity contribution in [1.82, 2.24) is 10.2 Å². The summed E-state index contributed by atoms with van der Waals surface area (Å²) in [6.45, 7) is 3.72. The second kappa shape index (κ2) is 6.17. The number of nitro benzene ring substituents is 1. The topological polar surface area (TPSA) is 101 Å². The van der Waals surface area contributed by atoms with Gasteiger partial charge in [0, 0.05) is 29.5 Å². The van der Waals surface area contributed by atoms with Gasteiger partial charge in [0.25, 0.3) is 11.6 Å². The molecule has 0 spiro atoms. The lowest BCUT2D eigenvalue weighted by atomic mass is 10.1. The van der Waals surface area contributed by atoms with Crippen molar-refractivity contribution in [2.45, 2.75) is 26.7 Å². The highest BCUT2D eigenvalue weighted by molar-refractivity contribution is 6.04. The Labute approximate surface area is 121 Å². The van der Waals surface area contributed by atoms with Gasteiger partial charge in [-0.15, -0.1) is 0 Å². The van der Waals surface area contributed by atoms with Gasteiger partial charge in [0.1, 0.15) is 0 Å². The predicted octanol–water partition coefficient (Wildman–Crippen LogP) is 2.83. The molecule has 0 saturated heterocycles. The maximum atomic E-state index is 12.1. The highest BCUT2D eigenvalue weighted by atomic mass is 16.6. The molecule has 0 atom stereocenters. The Morgan fingerprint density at radius 2 is 2.19 bits per heavy atom. The number of benzene rings is 1. The number of carbonyl (C=O) groups is 1. The fourth-order valence-corrected chi connectivity index (χ4v) is 2.02. The van der Waals surface area contributed by atoms with Gasteiger partial charge in [-0.05, 0) is 25.0 Å². The molecule has 0 saturated carbocycles. The molecule has 0 unspecified atom stereocenters. The van der Waals surface area contributed by atoms with E-state index in [1.807, 2.05) is 0 Å². The number of non-ortho nitro benzene ring substituents is 1. The fraction of sp³-hybridized carbons (Fsp3) is 0.286. The smallest absolute Gasteiger partial charge is 0.269 e. The molecule has 0 aliphatic carbocycles. The first kappa shape index (κ1) is 14.7. The predicted molar refractivity (Wildman–Crippen MR) is 78.4 cm³/mol. The van der Waals surface area contributed by atoms with Gasteiger partial charge in [0.2, 0.25) is 0 Å². The van der Waals surface area contributed by atoms with Gasteiger partial charge in [-0.2, -0.15) is 5.10 Å². The van der Waals surface area contributed by atoms with Crippen LogP contribution in [0.2, 0.25) is 0 Å². The van der Waals surface area contributed by atoms with E-state index >= 15 is 0 Å². The molecule has 7 heteroatoms. The minimum atomic E-state index is -0.487. The largest absolute Gasteiger partial charge is 0.305 e. The zero-order valence-electron chi connectivity index (χ0n) is 11.8. The molecule has 0 aliphatic rings. The number of hydrogen-bond acceptors (Lipinski definition) is 4. The molecule has 0 radical (unpaired) electrons. The Hall–Kier alpha value is -2.70. The Bertz CT molecular complexity index is 679. The fourth-order valence-electron chi connectivity index (χ4n) is 2.02. The van der Waals surface area contributed by atoms with Crippen molar-refractivity contribution < 1.29 is 9.72 Å². The quantitative estimate of drug-likeness (QED) is 0.652. The third-order valence-electron chi connectivity index (χ3n) is 3.06. The average Bonchev–Trinajstić information content (AvgIpc) is 2.86. The summed E-state index contributed by atoms with van der Waals surface area (Å²) in [5.41, 5.74) is 1.86. The van der Waals surface area contributed by atoms with Crippen molar-refractivity contribution >= 4 is 17.4 Å². The van der Waals surface area contributed by atoms with Crippen LogP contribution in [0, 0.1) is 17.0 Å². The van der Waals surface area contributed by atoms with E-state index in [2.05, 4.69) is 22.4 Å². The number of nitro groups is 1. The molecule has 0 aliphatic heterocycles. The summed E-state index contributed by atoms with van der Waals surface area (Å²) in [5.74, 6) is 0.109. The van der Waals surface area contributed by atoms with Crippen LogP contribution in [0.1, 0.15) is 35.0 Å². The molecular weight excluding hydrogens is 272 g/mol. The van der Waals surface area contributed by atoms with Crippen LogP contribution in [0.3, 0.4) is 0 Å². The van der Waals surface area contributed by atoms with Crippen LogP contribution in [0.4, 0.5) is 11.5 Å². The number of nitrogens with one attached hydrogen (secondary N) is 2. The lowest BCUT2D eigenvalue weighted by molar-refractivity contribution is -0.384. The Morgan fingerprint density at radius 1 is 1.43 bits per heavy atom. The highest BCUT2D eigenvalue weighted by Crippen LogP contribution is 2.18. The summed E-state index contributed by atoms with van der Waals surface area (Å²) in [7, 11) is 0. The Balaban J connectivity index is 2.14. The number of nitrogens with zero attached hydrogens (tertiary/aromatic N) is 2. The number of H-pyrrole nitrogens is 1. The van der Waals surface area contributed by atoms with Crippen molar-refractivity contribution in [3.63, 3.8) is 0 Å². The molecule has 1 aromatic carbocycles. The van der Waals surface area contributed by atoms with E-state index in [4.69, 9.17) is 0 Å². The number of rotatable bonds is 5. The van der Waals surface area contributed by atoms with Crippen LogP contribution in [-0.4, -0.2) is 21.0 Å². The Morgan fingerprint density at radius 3 is 2.81 bits per heavy atom. The zero-order valence-corrected chi connectivity index (χ0v) is 11.8. The molecule has 0 bridgehead atoms. The number of anilines is 1. The molecule has 7 nitrogen and oxygen atoms in total. The van der Waals surface area contributed by atoms with E-state index < -0.39 is 4.92 Å². The van der Waals surface area contributed by atoms with Crippen LogP contribution >= 0.6 is 0 Å². The Kier molecular flexibility index (Phi) is 4.32. The molecular formula is C14H16N4O3. The summed E-state index contributed by atoms with van der Waals surface area (Å²) in [4.78, 5) is 22.3. The van der Waals surface area contributed by atoms with Gasteiger partial charge in [-0.1, -0.05) is 13.3 Å². The second-order valence-corrected chi connectivity index (χ2v) is 4.74. The number of hydrogen-bond donors (Lipinski definition) is 2. The molecule has 110 valence electrons. The van der Waals surface area contributed by atoms with Crippen LogP contribution < -0.4 is 5.32 Å². The van der Waals surface area contributed by atoms with Crippen molar-refractivity contribution in [3.05, 3.63) is 51.2 Å². The third kappa shape index (κ3) is 3.44.